The fraction of sp³-hybridized carbons (Fsp3) is 0.583. The summed E-state index contributed by atoms with van der Waals surface area (Å²) in [5.41, 5.74) is 1.02. The second-order valence-corrected chi connectivity index (χ2v) is 4.43. The molecule has 1 unspecified atom stereocenters. The Morgan fingerprint density at radius 3 is 2.94 bits per heavy atom. The summed E-state index contributed by atoms with van der Waals surface area (Å²) in [7, 11) is 1.64. The van der Waals surface area contributed by atoms with Crippen molar-refractivity contribution in [1.82, 2.24) is 10.3 Å². The minimum atomic E-state index is 0.548. The van der Waals surface area contributed by atoms with Crippen LogP contribution < -0.4 is 10.1 Å². The number of hydrogen-bond donors (Lipinski definition) is 1. The molecule has 90 valence electrons. The van der Waals surface area contributed by atoms with Crippen LogP contribution in [0.5, 0.6) is 5.88 Å². The first-order valence-corrected chi connectivity index (χ1v) is 6.71. The molecule has 16 heavy (non-hydrogen) atoms. The van der Waals surface area contributed by atoms with Crippen molar-refractivity contribution in [2.45, 2.75) is 32.4 Å². The fourth-order valence-electron chi connectivity index (χ4n) is 1.50. The van der Waals surface area contributed by atoms with E-state index >= 15 is 0 Å². The van der Waals surface area contributed by atoms with Crippen LogP contribution in [0.3, 0.4) is 0 Å². The Balaban J connectivity index is 2.46. The second kappa shape index (κ2) is 7.63. The van der Waals surface area contributed by atoms with Gasteiger partial charge in [-0.25, -0.2) is 4.98 Å². The minimum absolute atomic E-state index is 0.548. The number of alkyl halides is 1. The zero-order valence-corrected chi connectivity index (χ0v) is 11.5. The van der Waals surface area contributed by atoms with Crippen LogP contribution in [0.2, 0.25) is 0 Å². The van der Waals surface area contributed by atoms with Crippen LogP contribution in [0, 0.1) is 0 Å². The molecule has 1 aromatic heterocycles. The second-order valence-electron chi connectivity index (χ2n) is 3.64. The van der Waals surface area contributed by atoms with E-state index in [9.17, 15) is 0 Å². The van der Waals surface area contributed by atoms with E-state index < -0.39 is 0 Å². The summed E-state index contributed by atoms with van der Waals surface area (Å²) < 4.78 is 5.09. The highest BCUT2D eigenvalue weighted by molar-refractivity contribution is 9.09. The van der Waals surface area contributed by atoms with E-state index in [0.717, 1.165) is 30.4 Å². The maximum Gasteiger partial charge on any atom is 0.213 e. The molecule has 0 radical (unpaired) electrons. The molecule has 1 rings (SSSR count). The van der Waals surface area contributed by atoms with Crippen molar-refractivity contribution in [3.63, 3.8) is 0 Å². The summed E-state index contributed by atoms with van der Waals surface area (Å²) in [6.07, 6.45) is 2.27. The Morgan fingerprint density at radius 1 is 1.50 bits per heavy atom. The average Bonchev–Trinajstić information content (AvgIpc) is 2.34. The molecule has 1 atom stereocenters. The normalized spacial score (nSPS) is 12.4. The Hall–Kier alpha value is -0.610. The van der Waals surface area contributed by atoms with Gasteiger partial charge in [0.05, 0.1) is 12.8 Å². The molecule has 0 aliphatic rings. The van der Waals surface area contributed by atoms with Crippen LogP contribution in [0.15, 0.2) is 18.2 Å². The van der Waals surface area contributed by atoms with Gasteiger partial charge in [-0.1, -0.05) is 28.9 Å². The first kappa shape index (κ1) is 13.5. The quantitative estimate of drug-likeness (QED) is 0.783. The number of halogens is 1. The molecule has 3 nitrogen and oxygen atoms in total. The average molecular weight is 287 g/mol. The topological polar surface area (TPSA) is 34.1 Å². The predicted octanol–water partition coefficient (Wildman–Crippen LogP) is 2.74. The summed E-state index contributed by atoms with van der Waals surface area (Å²) in [6.45, 7) is 2.99. The Kier molecular flexibility index (Phi) is 6.42. The van der Waals surface area contributed by atoms with E-state index in [0.29, 0.717) is 11.9 Å². The van der Waals surface area contributed by atoms with Gasteiger partial charge in [0.1, 0.15) is 0 Å². The van der Waals surface area contributed by atoms with E-state index in [1.807, 2.05) is 18.2 Å². The van der Waals surface area contributed by atoms with Crippen molar-refractivity contribution in [2.75, 3.05) is 12.4 Å². The number of nitrogens with zero attached hydrogens (tertiary/aromatic N) is 1. The highest BCUT2D eigenvalue weighted by Crippen LogP contribution is 2.07. The van der Waals surface area contributed by atoms with Gasteiger partial charge in [-0.2, -0.15) is 0 Å². The predicted molar refractivity (Wildman–Crippen MR) is 70.1 cm³/mol. The lowest BCUT2D eigenvalue weighted by molar-refractivity contribution is 0.394. The van der Waals surface area contributed by atoms with Crippen molar-refractivity contribution in [3.8, 4) is 5.88 Å². The van der Waals surface area contributed by atoms with Crippen LogP contribution in [-0.2, 0) is 6.54 Å². The van der Waals surface area contributed by atoms with Crippen molar-refractivity contribution < 1.29 is 4.74 Å². The molecule has 0 bridgehead atoms. The maximum absolute atomic E-state index is 5.09. The molecule has 0 saturated carbocycles. The van der Waals surface area contributed by atoms with Gasteiger partial charge >= 0.3 is 0 Å². The largest absolute Gasteiger partial charge is 0.481 e. The number of aromatic nitrogens is 1. The third kappa shape index (κ3) is 4.49. The number of rotatable bonds is 7. The summed E-state index contributed by atoms with van der Waals surface area (Å²) in [4.78, 5) is 4.36. The van der Waals surface area contributed by atoms with Crippen molar-refractivity contribution >= 4 is 15.9 Å². The number of hydrogen-bond acceptors (Lipinski definition) is 3. The van der Waals surface area contributed by atoms with Crippen molar-refractivity contribution in [2.24, 2.45) is 0 Å². The first-order chi connectivity index (χ1) is 7.80. The number of methoxy groups -OCH3 is 1. The molecule has 0 aliphatic heterocycles. The van der Waals surface area contributed by atoms with Crippen LogP contribution in [0.1, 0.15) is 25.5 Å². The lowest BCUT2D eigenvalue weighted by Crippen LogP contribution is -2.28. The summed E-state index contributed by atoms with van der Waals surface area (Å²) in [5, 5.41) is 4.52. The monoisotopic (exact) mass is 286 g/mol. The molecular weight excluding hydrogens is 268 g/mol. The molecule has 0 amide bonds. The van der Waals surface area contributed by atoms with Crippen LogP contribution in [-0.4, -0.2) is 23.5 Å². The molecule has 1 N–H and O–H groups in total. The smallest absolute Gasteiger partial charge is 0.213 e. The fourth-order valence-corrected chi connectivity index (χ4v) is 2.05. The van der Waals surface area contributed by atoms with E-state index in [1.54, 1.807) is 7.11 Å². The maximum atomic E-state index is 5.09. The lowest BCUT2D eigenvalue weighted by Gasteiger charge is -2.15. The number of pyridine rings is 1. The molecule has 1 heterocycles. The van der Waals surface area contributed by atoms with Crippen LogP contribution in [0.25, 0.3) is 0 Å². The zero-order chi connectivity index (χ0) is 11.8. The van der Waals surface area contributed by atoms with Gasteiger partial charge in [0.15, 0.2) is 0 Å². The summed E-state index contributed by atoms with van der Waals surface area (Å²) >= 11 is 3.46. The molecule has 0 fully saturated rings. The molecular formula is C12H19BrN2O. The van der Waals surface area contributed by atoms with Crippen molar-refractivity contribution in [1.29, 1.82) is 0 Å². The Labute approximate surface area is 106 Å². The van der Waals surface area contributed by atoms with Gasteiger partial charge in [0.2, 0.25) is 5.88 Å². The van der Waals surface area contributed by atoms with E-state index in [4.69, 9.17) is 4.74 Å². The van der Waals surface area contributed by atoms with Crippen molar-refractivity contribution in [3.05, 3.63) is 23.9 Å². The van der Waals surface area contributed by atoms with E-state index in [2.05, 4.69) is 33.2 Å². The highest BCUT2D eigenvalue weighted by atomic mass is 79.9. The van der Waals surface area contributed by atoms with E-state index in [1.165, 1.54) is 0 Å². The number of nitrogens with one attached hydrogen (secondary N) is 1. The van der Waals surface area contributed by atoms with Crippen LogP contribution in [0.4, 0.5) is 0 Å². The van der Waals surface area contributed by atoms with E-state index in [-0.39, 0.29) is 0 Å². The van der Waals surface area contributed by atoms with Gasteiger partial charge in [0.25, 0.3) is 0 Å². The standard InChI is InChI=1S/C12H19BrN2O/c1-3-10(7-8-13)14-9-11-5-4-6-12(15-11)16-2/h4-6,10,14H,3,7-9H2,1-2H3. The first-order valence-electron chi connectivity index (χ1n) is 5.59. The van der Waals surface area contributed by atoms with Gasteiger partial charge in [0, 0.05) is 24.0 Å². The number of ether oxygens (including phenoxy) is 1. The molecule has 0 aliphatic carbocycles. The SMILES string of the molecule is CCC(CCBr)NCc1cccc(OC)n1. The molecule has 1 aromatic rings. The van der Waals surface area contributed by atoms with Gasteiger partial charge in [-0.05, 0) is 18.9 Å². The summed E-state index contributed by atoms with van der Waals surface area (Å²) in [6, 6.07) is 6.39. The third-order valence-corrected chi connectivity index (χ3v) is 2.97. The highest BCUT2D eigenvalue weighted by Gasteiger charge is 2.05. The minimum Gasteiger partial charge on any atom is -0.481 e. The Bertz CT molecular complexity index is 307. The zero-order valence-electron chi connectivity index (χ0n) is 9.87. The molecule has 4 heteroatoms. The molecule has 0 aromatic carbocycles. The molecule has 0 saturated heterocycles. The lowest BCUT2D eigenvalue weighted by atomic mass is 10.1. The Morgan fingerprint density at radius 2 is 2.31 bits per heavy atom. The summed E-state index contributed by atoms with van der Waals surface area (Å²) in [5.74, 6) is 0.674. The third-order valence-electron chi connectivity index (χ3n) is 2.51. The van der Waals surface area contributed by atoms with Gasteiger partial charge in [-0.15, -0.1) is 0 Å². The van der Waals surface area contributed by atoms with Gasteiger partial charge in [-0.3, -0.25) is 0 Å². The molecule has 0 spiro atoms. The van der Waals surface area contributed by atoms with Gasteiger partial charge < -0.3 is 10.1 Å². The van der Waals surface area contributed by atoms with Crippen LogP contribution >= 0.6 is 15.9 Å².